The summed E-state index contributed by atoms with van der Waals surface area (Å²) in [5.41, 5.74) is 0.619. The van der Waals surface area contributed by atoms with Gasteiger partial charge in [-0.05, 0) is 27.7 Å². The molecule has 0 aromatic carbocycles. The highest BCUT2D eigenvalue weighted by Crippen LogP contribution is 2.28. The number of sulfone groups is 1. The molecule has 0 amide bonds. The molecule has 0 unspecified atom stereocenters. The molecule has 2 aromatic rings. The van der Waals surface area contributed by atoms with Crippen LogP contribution in [0.3, 0.4) is 0 Å². The summed E-state index contributed by atoms with van der Waals surface area (Å²) in [6, 6.07) is 0. The first kappa shape index (κ1) is 15.2. The molecule has 1 fully saturated rings. The normalized spacial score (nSPS) is 18.8. The van der Waals surface area contributed by atoms with E-state index in [1.54, 1.807) is 6.20 Å². The lowest BCUT2D eigenvalue weighted by atomic mass is 10.1. The van der Waals surface area contributed by atoms with Crippen LogP contribution in [-0.4, -0.2) is 52.8 Å². The maximum Gasteiger partial charge on any atom is 0.164 e. The zero-order valence-corrected chi connectivity index (χ0v) is 14.2. The second-order valence-corrected chi connectivity index (χ2v) is 9.00. The number of anilines is 1. The fourth-order valence-electron chi connectivity index (χ4n) is 2.66. The molecule has 0 saturated carbocycles. The monoisotopic (exact) mass is 323 g/mol. The fourth-order valence-corrected chi connectivity index (χ4v) is 3.86. The summed E-state index contributed by atoms with van der Waals surface area (Å²) >= 11 is 0. The topological polar surface area (TPSA) is 81.0 Å². The molecule has 120 valence electrons. The summed E-state index contributed by atoms with van der Waals surface area (Å²) in [5.74, 6) is 1.80. The second-order valence-electron chi connectivity index (χ2n) is 6.70. The molecule has 0 atom stereocenters. The molecule has 0 N–H and O–H groups in total. The van der Waals surface area contributed by atoms with Crippen LogP contribution in [0.5, 0.6) is 0 Å². The smallest absolute Gasteiger partial charge is 0.164 e. The number of fused-ring (bicyclic) bond motifs is 1. The lowest BCUT2D eigenvalue weighted by Crippen LogP contribution is -2.40. The minimum absolute atomic E-state index is 0.172. The van der Waals surface area contributed by atoms with Gasteiger partial charge in [-0.15, -0.1) is 0 Å². The third kappa shape index (κ3) is 2.67. The molecule has 0 bridgehead atoms. The highest BCUT2D eigenvalue weighted by Gasteiger charge is 2.26. The van der Waals surface area contributed by atoms with Crippen LogP contribution < -0.4 is 4.90 Å². The van der Waals surface area contributed by atoms with Crippen molar-refractivity contribution < 1.29 is 8.42 Å². The number of hydrogen-bond acceptors (Lipinski definition) is 6. The van der Waals surface area contributed by atoms with E-state index < -0.39 is 9.84 Å². The second kappa shape index (κ2) is 4.91. The number of aromatic nitrogens is 4. The van der Waals surface area contributed by atoms with Crippen molar-refractivity contribution in [1.29, 1.82) is 0 Å². The predicted molar refractivity (Wildman–Crippen MR) is 85.9 cm³/mol. The molecule has 1 aliphatic rings. The predicted octanol–water partition coefficient (Wildman–Crippen LogP) is 1.12. The van der Waals surface area contributed by atoms with E-state index in [2.05, 4.69) is 35.8 Å². The van der Waals surface area contributed by atoms with Crippen molar-refractivity contribution in [2.75, 3.05) is 29.5 Å². The van der Waals surface area contributed by atoms with Gasteiger partial charge in [-0.3, -0.25) is 0 Å². The highest BCUT2D eigenvalue weighted by molar-refractivity contribution is 7.91. The maximum atomic E-state index is 11.6. The number of nitrogens with zero attached hydrogens (tertiary/aromatic N) is 5. The van der Waals surface area contributed by atoms with Gasteiger partial charge in [-0.25, -0.2) is 23.1 Å². The molecule has 0 spiro atoms. The van der Waals surface area contributed by atoms with Gasteiger partial charge in [-0.1, -0.05) is 0 Å². The lowest BCUT2D eigenvalue weighted by Gasteiger charge is -2.28. The highest BCUT2D eigenvalue weighted by atomic mass is 32.2. The van der Waals surface area contributed by atoms with Gasteiger partial charge in [0.25, 0.3) is 0 Å². The van der Waals surface area contributed by atoms with Crippen LogP contribution in [0.4, 0.5) is 5.82 Å². The van der Waals surface area contributed by atoms with Crippen molar-refractivity contribution in [3.05, 3.63) is 12.0 Å². The molecule has 3 rings (SSSR count). The largest absolute Gasteiger partial charge is 0.354 e. The molecule has 1 saturated heterocycles. The van der Waals surface area contributed by atoms with Gasteiger partial charge in [-0.2, -0.15) is 5.10 Å². The van der Waals surface area contributed by atoms with Crippen molar-refractivity contribution in [3.63, 3.8) is 0 Å². The molecule has 3 heterocycles. The van der Waals surface area contributed by atoms with E-state index >= 15 is 0 Å². The van der Waals surface area contributed by atoms with Gasteiger partial charge >= 0.3 is 0 Å². The SMILES string of the molecule is Cc1nc(N2CCS(=O)(=O)CC2)c2cnn(C(C)(C)C)c2n1. The summed E-state index contributed by atoms with van der Waals surface area (Å²) in [6.45, 7) is 9.00. The molecule has 8 heteroatoms. The van der Waals surface area contributed by atoms with Gasteiger partial charge in [0.05, 0.1) is 28.6 Å². The van der Waals surface area contributed by atoms with Gasteiger partial charge < -0.3 is 4.90 Å². The van der Waals surface area contributed by atoms with Crippen LogP contribution in [0.25, 0.3) is 11.0 Å². The van der Waals surface area contributed by atoms with Gasteiger partial charge in [0.1, 0.15) is 11.6 Å². The minimum atomic E-state index is -2.91. The van der Waals surface area contributed by atoms with Gasteiger partial charge in [0.15, 0.2) is 15.5 Å². The van der Waals surface area contributed by atoms with Crippen LogP contribution in [-0.2, 0) is 15.4 Å². The number of rotatable bonds is 1. The van der Waals surface area contributed by atoms with Crippen molar-refractivity contribution in [2.24, 2.45) is 0 Å². The molecule has 7 nitrogen and oxygen atoms in total. The first-order valence-electron chi connectivity index (χ1n) is 7.36. The van der Waals surface area contributed by atoms with E-state index in [1.165, 1.54) is 0 Å². The van der Waals surface area contributed by atoms with Crippen molar-refractivity contribution in [2.45, 2.75) is 33.2 Å². The van der Waals surface area contributed by atoms with Crippen molar-refractivity contribution in [3.8, 4) is 0 Å². The molecule has 2 aromatic heterocycles. The Morgan fingerprint density at radius 2 is 1.77 bits per heavy atom. The third-order valence-electron chi connectivity index (χ3n) is 3.80. The number of aryl methyl sites for hydroxylation is 1. The molecule has 0 aliphatic carbocycles. The Morgan fingerprint density at radius 1 is 1.14 bits per heavy atom. The zero-order chi connectivity index (χ0) is 16.1. The van der Waals surface area contributed by atoms with Crippen LogP contribution >= 0.6 is 0 Å². The molecular formula is C14H21N5O2S. The summed E-state index contributed by atoms with van der Waals surface area (Å²) in [5, 5.41) is 5.34. The Morgan fingerprint density at radius 3 is 2.36 bits per heavy atom. The minimum Gasteiger partial charge on any atom is -0.354 e. The standard InChI is InChI=1S/C14H21N5O2S/c1-10-16-12(18-5-7-22(20,21)8-6-18)11-9-15-19(13(11)17-10)14(2,3)4/h9H,5-8H2,1-4H3. The number of hydrogen-bond donors (Lipinski definition) is 0. The fraction of sp³-hybridized carbons (Fsp3) is 0.643. The van der Waals surface area contributed by atoms with Crippen LogP contribution in [0.15, 0.2) is 6.20 Å². The average molecular weight is 323 g/mol. The van der Waals surface area contributed by atoms with E-state index in [4.69, 9.17) is 0 Å². The van der Waals surface area contributed by atoms with Crippen molar-refractivity contribution in [1.82, 2.24) is 19.7 Å². The Hall–Kier alpha value is -1.70. The average Bonchev–Trinajstić information content (AvgIpc) is 2.81. The van der Waals surface area contributed by atoms with E-state index in [0.717, 1.165) is 16.9 Å². The summed E-state index contributed by atoms with van der Waals surface area (Å²) in [6.07, 6.45) is 1.78. The van der Waals surface area contributed by atoms with Crippen molar-refractivity contribution >= 4 is 26.7 Å². The Balaban J connectivity index is 2.09. The Bertz CT molecular complexity index is 806. The van der Waals surface area contributed by atoms with Gasteiger partial charge in [0, 0.05) is 13.1 Å². The zero-order valence-electron chi connectivity index (χ0n) is 13.4. The van der Waals surface area contributed by atoms with E-state index in [9.17, 15) is 8.42 Å². The first-order chi connectivity index (χ1) is 10.2. The summed E-state index contributed by atoms with van der Waals surface area (Å²) in [4.78, 5) is 11.1. The summed E-state index contributed by atoms with van der Waals surface area (Å²) < 4.78 is 25.1. The van der Waals surface area contributed by atoms with E-state index in [0.29, 0.717) is 18.9 Å². The van der Waals surface area contributed by atoms with Crippen LogP contribution in [0.1, 0.15) is 26.6 Å². The molecule has 0 radical (unpaired) electrons. The molecule has 1 aliphatic heterocycles. The van der Waals surface area contributed by atoms with Crippen LogP contribution in [0, 0.1) is 6.92 Å². The molecule has 22 heavy (non-hydrogen) atoms. The van der Waals surface area contributed by atoms with E-state index in [-0.39, 0.29) is 17.0 Å². The lowest BCUT2D eigenvalue weighted by molar-refractivity contribution is 0.365. The quantitative estimate of drug-likeness (QED) is 0.782. The van der Waals surface area contributed by atoms with E-state index in [1.807, 2.05) is 16.5 Å². The van der Waals surface area contributed by atoms with Gasteiger partial charge in [0.2, 0.25) is 0 Å². The first-order valence-corrected chi connectivity index (χ1v) is 9.18. The third-order valence-corrected chi connectivity index (χ3v) is 5.41. The molecular weight excluding hydrogens is 302 g/mol. The summed E-state index contributed by atoms with van der Waals surface area (Å²) in [7, 11) is -2.91. The Kier molecular flexibility index (Phi) is 3.39. The Labute approximate surface area is 130 Å². The van der Waals surface area contributed by atoms with Crippen LogP contribution in [0.2, 0.25) is 0 Å². The maximum absolute atomic E-state index is 11.6.